The van der Waals surface area contributed by atoms with Crippen molar-refractivity contribution in [3.63, 3.8) is 0 Å². The molecule has 0 bridgehead atoms. The summed E-state index contributed by atoms with van der Waals surface area (Å²) in [6, 6.07) is 10.2. The van der Waals surface area contributed by atoms with Gasteiger partial charge in [-0.15, -0.1) is 0 Å². The van der Waals surface area contributed by atoms with Crippen molar-refractivity contribution in [2.45, 2.75) is 45.6 Å². The molecule has 30 heavy (non-hydrogen) atoms. The zero-order chi connectivity index (χ0) is 21.1. The second-order valence-corrected chi connectivity index (χ2v) is 8.50. The Balaban J connectivity index is 1.25. The van der Waals surface area contributed by atoms with Gasteiger partial charge in [0.1, 0.15) is 5.76 Å². The molecule has 2 amide bonds. The summed E-state index contributed by atoms with van der Waals surface area (Å²) in [6.45, 7) is 6.82. The number of benzene rings is 1. The van der Waals surface area contributed by atoms with Gasteiger partial charge in [-0.05, 0) is 68.4 Å². The quantitative estimate of drug-likeness (QED) is 0.824. The number of rotatable bonds is 5. The Morgan fingerprint density at radius 1 is 1.03 bits per heavy atom. The summed E-state index contributed by atoms with van der Waals surface area (Å²) < 4.78 is 5.44. The fourth-order valence-corrected chi connectivity index (χ4v) is 4.41. The van der Waals surface area contributed by atoms with Crippen LogP contribution in [0.15, 0.2) is 34.7 Å². The molecule has 1 saturated heterocycles. The van der Waals surface area contributed by atoms with Crippen LogP contribution in [0, 0.1) is 6.92 Å². The van der Waals surface area contributed by atoms with E-state index in [0.29, 0.717) is 38.5 Å². The number of aryl methyl sites for hydroxylation is 3. The zero-order valence-electron chi connectivity index (χ0n) is 17.9. The molecule has 1 fully saturated rings. The number of piperazine rings is 1. The van der Waals surface area contributed by atoms with E-state index in [-0.39, 0.29) is 17.9 Å². The molecule has 0 radical (unpaired) electrons. The molecule has 160 valence electrons. The number of fused-ring (bicyclic) bond motifs is 1. The van der Waals surface area contributed by atoms with Crippen molar-refractivity contribution < 1.29 is 14.0 Å². The van der Waals surface area contributed by atoms with E-state index in [0.717, 1.165) is 12.2 Å². The average molecular weight is 410 g/mol. The first kappa shape index (κ1) is 20.7. The third-order valence-corrected chi connectivity index (χ3v) is 6.23. The number of hydrogen-bond donors (Lipinski definition) is 1. The summed E-state index contributed by atoms with van der Waals surface area (Å²) in [5.41, 5.74) is 4.07. The molecule has 0 saturated carbocycles. The topological polar surface area (TPSA) is 65.8 Å². The fraction of sp³-hybridized carbons (Fsp3) is 0.500. The van der Waals surface area contributed by atoms with E-state index in [4.69, 9.17) is 4.42 Å². The van der Waals surface area contributed by atoms with Crippen LogP contribution in [-0.4, -0.2) is 54.3 Å². The van der Waals surface area contributed by atoms with Gasteiger partial charge in [0.25, 0.3) is 5.91 Å². The van der Waals surface area contributed by atoms with Crippen LogP contribution in [-0.2, 0) is 17.6 Å². The van der Waals surface area contributed by atoms with E-state index in [1.165, 1.54) is 36.0 Å². The van der Waals surface area contributed by atoms with Crippen LogP contribution < -0.4 is 5.32 Å². The Bertz CT molecular complexity index is 912. The predicted octanol–water partition coefficient (Wildman–Crippen LogP) is 3.10. The smallest absolute Gasteiger partial charge is 0.289 e. The average Bonchev–Trinajstić information content (AvgIpc) is 3.19. The van der Waals surface area contributed by atoms with Crippen molar-refractivity contribution in [3.05, 3.63) is 58.5 Å². The van der Waals surface area contributed by atoms with Crippen molar-refractivity contribution in [1.29, 1.82) is 0 Å². The molecule has 1 aromatic heterocycles. The van der Waals surface area contributed by atoms with E-state index in [9.17, 15) is 9.59 Å². The van der Waals surface area contributed by atoms with Crippen molar-refractivity contribution in [2.24, 2.45) is 0 Å². The van der Waals surface area contributed by atoms with Gasteiger partial charge in [0.05, 0.1) is 12.6 Å². The molecule has 1 aromatic carbocycles. The van der Waals surface area contributed by atoms with Gasteiger partial charge in [0.2, 0.25) is 5.91 Å². The number of carbonyl (C=O) groups is 2. The Morgan fingerprint density at radius 2 is 1.77 bits per heavy atom. The SMILES string of the molecule is Cc1ccc(C(=O)N2CCN(CC(=O)NC(C)c3ccc4c(c3)CCCC4)CC2)o1. The molecule has 2 aromatic rings. The minimum absolute atomic E-state index is 0.00483. The molecule has 1 aliphatic heterocycles. The molecule has 1 N–H and O–H groups in total. The summed E-state index contributed by atoms with van der Waals surface area (Å²) in [5, 5.41) is 3.14. The van der Waals surface area contributed by atoms with Crippen LogP contribution in [0.25, 0.3) is 0 Å². The lowest BCUT2D eigenvalue weighted by Gasteiger charge is -2.34. The monoisotopic (exact) mass is 409 g/mol. The summed E-state index contributed by atoms with van der Waals surface area (Å²) in [5.74, 6) is 1.08. The minimum atomic E-state index is -0.0757. The number of hydrogen-bond acceptors (Lipinski definition) is 4. The second-order valence-electron chi connectivity index (χ2n) is 8.50. The second kappa shape index (κ2) is 9.04. The highest BCUT2D eigenvalue weighted by Gasteiger charge is 2.25. The molecule has 1 aliphatic carbocycles. The highest BCUT2D eigenvalue weighted by atomic mass is 16.3. The van der Waals surface area contributed by atoms with Crippen molar-refractivity contribution in [1.82, 2.24) is 15.1 Å². The normalized spacial score (nSPS) is 18.0. The standard InChI is InChI=1S/C24H31N3O3/c1-17-7-10-22(30-17)24(29)27-13-11-26(12-14-27)16-23(28)25-18(2)20-9-8-19-5-3-4-6-21(19)15-20/h7-10,15,18H,3-6,11-14,16H2,1-2H3,(H,25,28). The number of furan rings is 1. The van der Waals surface area contributed by atoms with E-state index in [2.05, 4.69) is 28.4 Å². The maximum Gasteiger partial charge on any atom is 0.289 e. The summed E-state index contributed by atoms with van der Waals surface area (Å²) in [6.07, 6.45) is 4.85. The van der Waals surface area contributed by atoms with Crippen LogP contribution in [0.2, 0.25) is 0 Å². The molecule has 2 heterocycles. The highest BCUT2D eigenvalue weighted by Crippen LogP contribution is 2.24. The number of carbonyl (C=O) groups excluding carboxylic acids is 2. The third kappa shape index (κ3) is 4.75. The van der Waals surface area contributed by atoms with E-state index < -0.39 is 0 Å². The molecular formula is C24H31N3O3. The van der Waals surface area contributed by atoms with E-state index >= 15 is 0 Å². The highest BCUT2D eigenvalue weighted by molar-refractivity contribution is 5.91. The van der Waals surface area contributed by atoms with Crippen LogP contribution in [0.4, 0.5) is 0 Å². The first-order valence-electron chi connectivity index (χ1n) is 11.0. The Kier molecular flexibility index (Phi) is 6.23. The number of amides is 2. The Morgan fingerprint density at radius 3 is 2.47 bits per heavy atom. The van der Waals surface area contributed by atoms with E-state index in [1.807, 2.05) is 13.8 Å². The van der Waals surface area contributed by atoms with Gasteiger partial charge < -0.3 is 14.6 Å². The predicted molar refractivity (Wildman–Crippen MR) is 115 cm³/mol. The largest absolute Gasteiger partial charge is 0.456 e. The van der Waals surface area contributed by atoms with Gasteiger partial charge in [-0.1, -0.05) is 18.2 Å². The first-order chi connectivity index (χ1) is 14.5. The number of nitrogens with zero attached hydrogens (tertiary/aromatic N) is 2. The molecule has 1 atom stereocenters. The van der Waals surface area contributed by atoms with Crippen LogP contribution in [0.3, 0.4) is 0 Å². The van der Waals surface area contributed by atoms with Crippen molar-refractivity contribution in [2.75, 3.05) is 32.7 Å². The third-order valence-electron chi connectivity index (χ3n) is 6.23. The summed E-state index contributed by atoms with van der Waals surface area (Å²) in [4.78, 5) is 29.0. The lowest BCUT2D eigenvalue weighted by atomic mass is 9.89. The minimum Gasteiger partial charge on any atom is -0.456 e. The maximum atomic E-state index is 12.6. The summed E-state index contributed by atoms with van der Waals surface area (Å²) >= 11 is 0. The van der Waals surface area contributed by atoms with Gasteiger partial charge >= 0.3 is 0 Å². The van der Waals surface area contributed by atoms with Gasteiger partial charge in [0, 0.05) is 26.2 Å². The van der Waals surface area contributed by atoms with E-state index in [1.54, 1.807) is 17.0 Å². The molecule has 0 spiro atoms. The van der Waals surface area contributed by atoms with Gasteiger partial charge in [0.15, 0.2) is 5.76 Å². The van der Waals surface area contributed by atoms with Gasteiger partial charge in [-0.25, -0.2) is 0 Å². The molecule has 6 heteroatoms. The van der Waals surface area contributed by atoms with Gasteiger partial charge in [-0.3, -0.25) is 14.5 Å². The maximum absolute atomic E-state index is 12.6. The van der Waals surface area contributed by atoms with Crippen LogP contribution >= 0.6 is 0 Å². The van der Waals surface area contributed by atoms with Crippen molar-refractivity contribution >= 4 is 11.8 Å². The Labute approximate surface area is 178 Å². The first-order valence-corrected chi connectivity index (χ1v) is 11.0. The van der Waals surface area contributed by atoms with Crippen molar-refractivity contribution in [3.8, 4) is 0 Å². The molecule has 1 unspecified atom stereocenters. The molecule has 4 rings (SSSR count). The Hall–Kier alpha value is -2.60. The molecule has 6 nitrogen and oxygen atoms in total. The fourth-order valence-electron chi connectivity index (χ4n) is 4.41. The van der Waals surface area contributed by atoms with Crippen LogP contribution in [0.5, 0.6) is 0 Å². The lowest BCUT2D eigenvalue weighted by Crippen LogP contribution is -2.51. The summed E-state index contributed by atoms with van der Waals surface area (Å²) in [7, 11) is 0. The zero-order valence-corrected chi connectivity index (χ0v) is 17.9. The molecular weight excluding hydrogens is 378 g/mol. The number of nitrogens with one attached hydrogen (secondary N) is 1. The van der Waals surface area contributed by atoms with Gasteiger partial charge in [-0.2, -0.15) is 0 Å². The van der Waals surface area contributed by atoms with Crippen LogP contribution in [0.1, 0.15) is 58.8 Å². The molecule has 2 aliphatic rings. The lowest BCUT2D eigenvalue weighted by molar-refractivity contribution is -0.123.